The average molecular weight is 338 g/mol. The van der Waals surface area contributed by atoms with Gasteiger partial charge in [-0.2, -0.15) is 0 Å². The first kappa shape index (κ1) is 16.4. The van der Waals surface area contributed by atoms with Gasteiger partial charge in [0.15, 0.2) is 5.76 Å². The smallest absolute Gasteiger partial charge is 0.335 e. The molecule has 1 aromatic carbocycles. The van der Waals surface area contributed by atoms with E-state index in [1.165, 1.54) is 38.2 Å². The maximum atomic E-state index is 12.8. The molecule has 0 fully saturated rings. The van der Waals surface area contributed by atoms with Crippen molar-refractivity contribution in [3.63, 3.8) is 0 Å². The predicted molar refractivity (Wildman–Crippen MR) is 90.0 cm³/mol. The van der Waals surface area contributed by atoms with Gasteiger partial charge in [-0.1, -0.05) is 6.07 Å². The molecule has 0 saturated carbocycles. The first-order valence-electron chi connectivity index (χ1n) is 7.41. The zero-order valence-corrected chi connectivity index (χ0v) is 13.5. The highest BCUT2D eigenvalue weighted by molar-refractivity contribution is 6.43. The summed E-state index contributed by atoms with van der Waals surface area (Å²) < 4.78 is 0. The summed E-state index contributed by atoms with van der Waals surface area (Å²) in [6.07, 6.45) is 1.45. The number of carboxylic acid groups (broad SMARTS) is 1. The molecule has 1 aromatic heterocycles. The van der Waals surface area contributed by atoms with Crippen molar-refractivity contribution < 1.29 is 24.6 Å². The second-order valence-corrected chi connectivity index (χ2v) is 5.54. The van der Waals surface area contributed by atoms with E-state index in [1.54, 1.807) is 12.1 Å². The monoisotopic (exact) mass is 338 g/mol. The van der Waals surface area contributed by atoms with E-state index < -0.39 is 23.5 Å². The van der Waals surface area contributed by atoms with Gasteiger partial charge in [0.1, 0.15) is 5.69 Å². The zero-order chi connectivity index (χ0) is 18.3. The number of carbonyl (C=O) groups excluding carboxylic acids is 2. The molecule has 7 heteroatoms. The molecule has 1 aliphatic rings. The van der Waals surface area contributed by atoms with Crippen LogP contribution in [0.5, 0.6) is 0 Å². The number of imide groups is 1. The summed E-state index contributed by atoms with van der Waals surface area (Å²) in [5, 5.41) is 19.9. The predicted octanol–water partition coefficient (Wildman–Crippen LogP) is 2.41. The number of amides is 2. The maximum absolute atomic E-state index is 12.8. The second kappa shape index (κ2) is 5.86. The molecule has 2 amide bonds. The Labute approximate surface area is 142 Å². The Morgan fingerprint density at radius 2 is 1.84 bits per heavy atom. The number of hydrogen-bond donors (Lipinski definition) is 2. The number of anilines is 1. The molecular weight excluding hydrogens is 324 g/mol. The summed E-state index contributed by atoms with van der Waals surface area (Å²) in [6, 6.07) is 7.54. The van der Waals surface area contributed by atoms with E-state index >= 15 is 0 Å². The summed E-state index contributed by atoms with van der Waals surface area (Å²) in [5.41, 5.74) is 0.774. The van der Waals surface area contributed by atoms with Gasteiger partial charge < -0.3 is 10.2 Å². The topological polar surface area (TPSA) is 108 Å². The number of nitrogens with zero attached hydrogens (tertiary/aromatic N) is 2. The molecule has 25 heavy (non-hydrogen) atoms. The number of rotatable bonds is 2. The van der Waals surface area contributed by atoms with Crippen molar-refractivity contribution in [2.45, 2.75) is 13.8 Å². The van der Waals surface area contributed by atoms with Gasteiger partial charge in [-0.3, -0.25) is 14.6 Å². The van der Waals surface area contributed by atoms with Gasteiger partial charge in [0, 0.05) is 18.7 Å². The van der Waals surface area contributed by atoms with Gasteiger partial charge in [0.05, 0.1) is 16.8 Å². The fourth-order valence-corrected chi connectivity index (χ4v) is 2.92. The molecule has 1 aliphatic heterocycles. The van der Waals surface area contributed by atoms with Crippen molar-refractivity contribution in [3.05, 3.63) is 58.9 Å². The summed E-state index contributed by atoms with van der Waals surface area (Å²) >= 11 is 0. The lowest BCUT2D eigenvalue weighted by molar-refractivity contribution is -0.122. The number of carbonyl (C=O) groups is 3. The van der Waals surface area contributed by atoms with Gasteiger partial charge in [-0.15, -0.1) is 0 Å². The third-order valence-electron chi connectivity index (χ3n) is 4.04. The molecule has 0 spiro atoms. The Morgan fingerprint density at radius 3 is 2.40 bits per heavy atom. The molecule has 0 unspecified atom stereocenters. The molecule has 3 rings (SSSR count). The van der Waals surface area contributed by atoms with Crippen LogP contribution in [0.15, 0.2) is 36.5 Å². The average Bonchev–Trinajstić information content (AvgIpc) is 2.88. The number of aliphatic hydroxyl groups excluding tert-OH is 1. The molecule has 2 aromatic rings. The van der Waals surface area contributed by atoms with Crippen molar-refractivity contribution in [2.75, 3.05) is 4.90 Å². The van der Waals surface area contributed by atoms with Gasteiger partial charge in [0.25, 0.3) is 5.91 Å². The van der Waals surface area contributed by atoms with E-state index in [-0.39, 0.29) is 28.1 Å². The van der Waals surface area contributed by atoms with Crippen LogP contribution in [0.3, 0.4) is 0 Å². The van der Waals surface area contributed by atoms with Gasteiger partial charge >= 0.3 is 5.97 Å². The van der Waals surface area contributed by atoms with E-state index in [0.29, 0.717) is 5.56 Å². The van der Waals surface area contributed by atoms with E-state index in [1.807, 2.05) is 0 Å². The van der Waals surface area contributed by atoms with E-state index in [9.17, 15) is 24.6 Å². The molecule has 0 atom stereocenters. The molecule has 2 N–H and O–H groups in total. The van der Waals surface area contributed by atoms with Crippen LogP contribution in [-0.4, -0.2) is 33.0 Å². The summed E-state index contributed by atoms with van der Waals surface area (Å²) in [4.78, 5) is 41.0. The number of pyridine rings is 1. The van der Waals surface area contributed by atoms with Gasteiger partial charge in [0.2, 0.25) is 5.91 Å². The van der Waals surface area contributed by atoms with Crippen molar-refractivity contribution in [2.24, 2.45) is 0 Å². The Morgan fingerprint density at radius 1 is 1.12 bits per heavy atom. The summed E-state index contributed by atoms with van der Waals surface area (Å²) in [6.45, 7) is 2.76. The molecule has 2 heterocycles. The van der Waals surface area contributed by atoms with E-state index in [4.69, 9.17) is 0 Å². The first-order valence-corrected chi connectivity index (χ1v) is 7.41. The van der Waals surface area contributed by atoms with E-state index in [2.05, 4.69) is 4.98 Å². The third kappa shape index (κ3) is 2.46. The molecule has 0 aliphatic carbocycles. The molecule has 0 radical (unpaired) electrons. The fourth-order valence-electron chi connectivity index (χ4n) is 2.92. The molecular formula is C18H14N2O5. The van der Waals surface area contributed by atoms with Crippen LogP contribution in [0.2, 0.25) is 0 Å². The molecule has 126 valence electrons. The first-order chi connectivity index (χ1) is 11.8. The van der Waals surface area contributed by atoms with Crippen molar-refractivity contribution in [1.82, 2.24) is 4.98 Å². The molecule has 0 saturated heterocycles. The standard InChI is InChI=1S/C18H14N2O5/c1-9-11(18(24)25)6-7-13-14(9)15(17(23)20(13)10(2)21)16(22)12-5-3-4-8-19-12/h3-8,22H,1-2H3,(H,24,25). The maximum Gasteiger partial charge on any atom is 0.335 e. The largest absolute Gasteiger partial charge is 0.505 e. The Balaban J connectivity index is 2.37. The fraction of sp³-hybridized carbons (Fsp3) is 0.111. The SMILES string of the molecule is CC(=O)N1C(=O)C(=C(O)c2ccccn2)c2c1ccc(C(=O)O)c2C. The minimum atomic E-state index is -1.16. The Kier molecular flexibility index (Phi) is 3.84. The number of aromatic nitrogens is 1. The van der Waals surface area contributed by atoms with Crippen LogP contribution < -0.4 is 4.90 Å². The van der Waals surface area contributed by atoms with Gasteiger partial charge in [-0.05, 0) is 36.8 Å². The van der Waals surface area contributed by atoms with E-state index in [0.717, 1.165) is 4.90 Å². The number of hydrogen-bond acceptors (Lipinski definition) is 5. The van der Waals surface area contributed by atoms with Crippen molar-refractivity contribution in [3.8, 4) is 0 Å². The lowest BCUT2D eigenvalue weighted by atomic mass is 9.95. The van der Waals surface area contributed by atoms with Crippen LogP contribution in [0.25, 0.3) is 11.3 Å². The third-order valence-corrected chi connectivity index (χ3v) is 4.04. The quantitative estimate of drug-likeness (QED) is 0.643. The van der Waals surface area contributed by atoms with Crippen molar-refractivity contribution in [1.29, 1.82) is 0 Å². The molecule has 7 nitrogen and oxygen atoms in total. The number of benzene rings is 1. The van der Waals surface area contributed by atoms with Crippen LogP contribution in [0, 0.1) is 6.92 Å². The number of fused-ring (bicyclic) bond motifs is 1. The van der Waals surface area contributed by atoms with Crippen LogP contribution in [0.1, 0.15) is 34.1 Å². The highest BCUT2D eigenvalue weighted by Gasteiger charge is 2.40. The number of aromatic carboxylic acids is 1. The lowest BCUT2D eigenvalue weighted by Crippen LogP contribution is -2.31. The van der Waals surface area contributed by atoms with Crippen LogP contribution in [-0.2, 0) is 9.59 Å². The van der Waals surface area contributed by atoms with Gasteiger partial charge in [-0.25, -0.2) is 9.69 Å². The number of carboxylic acids is 1. The number of aliphatic hydroxyl groups is 1. The molecule has 0 bridgehead atoms. The minimum Gasteiger partial charge on any atom is -0.505 e. The lowest BCUT2D eigenvalue weighted by Gasteiger charge is -2.13. The van der Waals surface area contributed by atoms with Crippen LogP contribution in [0.4, 0.5) is 5.69 Å². The van der Waals surface area contributed by atoms with Crippen LogP contribution >= 0.6 is 0 Å². The Hall–Kier alpha value is -3.48. The summed E-state index contributed by atoms with van der Waals surface area (Å²) in [7, 11) is 0. The summed E-state index contributed by atoms with van der Waals surface area (Å²) in [5.74, 6) is -2.80. The highest BCUT2D eigenvalue weighted by atomic mass is 16.4. The minimum absolute atomic E-state index is 0.0109. The highest BCUT2D eigenvalue weighted by Crippen LogP contribution is 2.42. The van der Waals surface area contributed by atoms with Crippen molar-refractivity contribution >= 4 is 34.8 Å². The normalized spacial score (nSPS) is 15.1. The second-order valence-electron chi connectivity index (χ2n) is 5.54. The zero-order valence-electron chi connectivity index (χ0n) is 13.5. The Bertz CT molecular complexity index is 947.